The van der Waals surface area contributed by atoms with E-state index in [1.165, 1.54) is 0 Å². The molecule has 0 aliphatic carbocycles. The van der Waals surface area contributed by atoms with Crippen molar-refractivity contribution >= 4 is 0 Å². The van der Waals surface area contributed by atoms with E-state index in [1.807, 2.05) is 0 Å². The molecule has 0 bridgehead atoms. The molecule has 0 amide bonds. The molecule has 0 atom stereocenters. The molecule has 27 valence electrons. The predicted molar refractivity (Wildman–Crippen MR) is 4.30 cm³/mol. The van der Waals surface area contributed by atoms with Crippen molar-refractivity contribution in [3.05, 3.63) is 0 Å². The van der Waals surface area contributed by atoms with Crippen LogP contribution in [0.4, 0.5) is 0 Å². The monoisotopic (exact) mass is 233 g/mol. The van der Waals surface area contributed by atoms with E-state index >= 15 is 0 Å². The fourth-order valence-electron chi connectivity index (χ4n) is 0. The Bertz CT molecular complexity index is 6.00. The second-order valence-electron chi connectivity index (χ2n) is 0. The van der Waals surface area contributed by atoms with Gasteiger partial charge < -0.3 is 5.48 Å². The summed E-state index contributed by atoms with van der Waals surface area (Å²) in [6, 6.07) is 0. The summed E-state index contributed by atoms with van der Waals surface area (Å²) < 4.78 is 8.39. The van der Waals surface area contributed by atoms with Crippen LogP contribution in [0.5, 0.6) is 0 Å². The van der Waals surface area contributed by atoms with E-state index in [1.54, 1.807) is 0 Å². The van der Waals surface area contributed by atoms with Gasteiger partial charge in [0, 0.05) is 16.8 Å². The van der Waals surface area contributed by atoms with Crippen molar-refractivity contribution in [2.45, 2.75) is 0 Å². The van der Waals surface area contributed by atoms with Gasteiger partial charge in [-0.3, -0.25) is 0 Å². The predicted octanol–water partition coefficient (Wildman–Crippen LogP) is -0.946. The second-order valence-corrected chi connectivity index (χ2v) is 0. The Labute approximate surface area is 62.0 Å². The summed E-state index contributed by atoms with van der Waals surface area (Å²) in [5.41, 5.74) is 0. The Kier molecular flexibility index (Phi) is 99.4. The van der Waals surface area contributed by atoms with Gasteiger partial charge in [-0.05, 0) is 0 Å². The second kappa shape index (κ2) is 22.8. The first-order chi connectivity index (χ1) is 1.00. The fourth-order valence-corrected chi connectivity index (χ4v) is 0. The Hall–Kier alpha value is 1.64. The zero-order valence-corrected chi connectivity index (χ0v) is 5.92. The fraction of sp³-hybridized carbons (Fsp3) is 0. The maximum absolute atomic E-state index is 8.39. The number of rotatable bonds is 0. The van der Waals surface area contributed by atoms with E-state index in [0.29, 0.717) is 0 Å². The average molecular weight is 233 g/mol. The SMILES string of the molecule is O.[Co].[O]=[Ce]. The molecule has 0 unspecified atom stereocenters. The molecule has 0 rings (SSSR count). The van der Waals surface area contributed by atoms with E-state index < -0.39 is 0 Å². The number of hydrogen-bond acceptors (Lipinski definition) is 1. The standard InChI is InChI=1S/Ce.Co.H2O.O/h;;1H2;. The van der Waals surface area contributed by atoms with E-state index in [-0.39, 0.29) is 62.0 Å². The van der Waals surface area contributed by atoms with Gasteiger partial charge in [-0.1, -0.05) is 0 Å². The Morgan fingerprint density at radius 1 is 1.25 bits per heavy atom. The summed E-state index contributed by atoms with van der Waals surface area (Å²) in [5.74, 6) is 0. The molecular weight excluding hydrogens is 231 g/mol. The zero-order valence-electron chi connectivity index (χ0n) is 1.74. The normalized spacial score (nSPS) is 0.750. The van der Waals surface area contributed by atoms with Crippen molar-refractivity contribution in [2.24, 2.45) is 0 Å². The van der Waals surface area contributed by atoms with Gasteiger partial charge in [0.25, 0.3) is 0 Å². The van der Waals surface area contributed by atoms with Gasteiger partial charge in [-0.15, -0.1) is 0 Å². The first-order valence-electron chi connectivity index (χ1n) is 0.204. The molecule has 0 heterocycles. The third kappa shape index (κ3) is 9.43. The summed E-state index contributed by atoms with van der Waals surface area (Å²) in [6.07, 6.45) is 0. The summed E-state index contributed by atoms with van der Waals surface area (Å²) in [4.78, 5) is 0. The van der Waals surface area contributed by atoms with Crippen molar-refractivity contribution in [2.75, 3.05) is 0 Å². The topological polar surface area (TPSA) is 48.6 Å². The van der Waals surface area contributed by atoms with E-state index in [9.17, 15) is 0 Å². The molecule has 1 radical (unpaired) electrons. The number of hydrogen-bond donors (Lipinski definition) is 0. The molecule has 0 fully saturated rings. The van der Waals surface area contributed by atoms with Gasteiger partial charge in [-0.25, -0.2) is 0 Å². The quantitative estimate of drug-likeness (QED) is 0.532. The van der Waals surface area contributed by atoms with Crippen LogP contribution in [0.2, 0.25) is 0 Å². The van der Waals surface area contributed by atoms with Crippen LogP contribution in [0.1, 0.15) is 0 Å². The van der Waals surface area contributed by atoms with Crippen molar-refractivity contribution < 1.29 is 63.0 Å². The van der Waals surface area contributed by atoms with E-state index in [2.05, 4.69) is 0 Å². The van der Waals surface area contributed by atoms with Crippen LogP contribution < -0.4 is 0 Å². The zero-order chi connectivity index (χ0) is 2.00. The molecule has 4 heteroatoms. The van der Waals surface area contributed by atoms with Crippen LogP contribution >= 0.6 is 0 Å². The van der Waals surface area contributed by atoms with Crippen LogP contribution in [-0.4, -0.2) is 5.48 Å². The molecule has 2 N–H and O–H groups in total. The summed E-state index contributed by atoms with van der Waals surface area (Å²) in [7, 11) is 0. The summed E-state index contributed by atoms with van der Waals surface area (Å²) >= 11 is 0.0556. The van der Waals surface area contributed by atoms with Gasteiger partial charge in [0.05, 0.1) is 0 Å². The molecule has 0 aliphatic rings. The molecule has 0 aliphatic heterocycles. The van der Waals surface area contributed by atoms with Gasteiger partial charge in [0.15, 0.2) is 0 Å². The van der Waals surface area contributed by atoms with Crippen molar-refractivity contribution in [3.8, 4) is 0 Å². The Morgan fingerprint density at radius 3 is 1.25 bits per heavy atom. The van der Waals surface area contributed by atoms with E-state index in [0.717, 1.165) is 0 Å². The van der Waals surface area contributed by atoms with Gasteiger partial charge in [-0.2, -0.15) is 0 Å². The minimum atomic E-state index is 0. The third-order valence-electron chi connectivity index (χ3n) is 0. The molecule has 2 nitrogen and oxygen atoms in total. The molecule has 0 aromatic heterocycles. The molecular formula is H2CeCoO2. The average Bonchev–Trinajstić information content (AvgIpc) is 1.00. The summed E-state index contributed by atoms with van der Waals surface area (Å²) in [6.45, 7) is 0. The van der Waals surface area contributed by atoms with Gasteiger partial charge in [0.2, 0.25) is 0 Å². The van der Waals surface area contributed by atoms with Crippen LogP contribution in [0.3, 0.4) is 0 Å². The molecule has 0 saturated carbocycles. The van der Waals surface area contributed by atoms with E-state index in [4.69, 9.17) is 0.938 Å². The van der Waals surface area contributed by atoms with Crippen molar-refractivity contribution in [3.63, 3.8) is 0 Å². The molecule has 0 aromatic rings. The van der Waals surface area contributed by atoms with Crippen LogP contribution in [0, 0.1) is 39.8 Å². The van der Waals surface area contributed by atoms with Crippen molar-refractivity contribution in [1.82, 2.24) is 0 Å². The first-order valence-corrected chi connectivity index (χ1v) is 1.49. The minimum absolute atomic E-state index is 0. The molecule has 0 aromatic carbocycles. The molecule has 0 saturated heterocycles. The third-order valence-corrected chi connectivity index (χ3v) is 0. The Morgan fingerprint density at radius 2 is 1.25 bits per heavy atom. The Balaban J connectivity index is -0.00000000500. The van der Waals surface area contributed by atoms with Crippen LogP contribution in [0.25, 0.3) is 0 Å². The van der Waals surface area contributed by atoms with Crippen molar-refractivity contribution in [1.29, 1.82) is 0 Å². The molecule has 0 spiro atoms. The molecule has 4 heavy (non-hydrogen) atoms. The van der Waals surface area contributed by atoms with Gasteiger partial charge >= 0.3 is 40.7 Å². The van der Waals surface area contributed by atoms with Crippen LogP contribution in [0.15, 0.2) is 0 Å². The summed E-state index contributed by atoms with van der Waals surface area (Å²) in [5, 5.41) is 0. The van der Waals surface area contributed by atoms with Gasteiger partial charge in [0.1, 0.15) is 0 Å². The first kappa shape index (κ1) is 17.4. The van der Waals surface area contributed by atoms with Crippen LogP contribution in [-0.2, 0) is 17.7 Å². The maximum atomic E-state index is 8.39.